The Morgan fingerprint density at radius 1 is 0.571 bits per heavy atom. The van der Waals surface area contributed by atoms with Gasteiger partial charge in [-0.3, -0.25) is 0 Å². The summed E-state index contributed by atoms with van der Waals surface area (Å²) in [5.74, 6) is 0. The van der Waals surface area contributed by atoms with Gasteiger partial charge in [0.15, 0.2) is 0 Å². The van der Waals surface area contributed by atoms with Crippen molar-refractivity contribution in [2.24, 2.45) is 20.0 Å². The van der Waals surface area contributed by atoms with Crippen LogP contribution in [0.1, 0.15) is 37.3 Å². The summed E-state index contributed by atoms with van der Waals surface area (Å²) in [6.45, 7) is 2.25. The van der Waals surface area contributed by atoms with Crippen LogP contribution < -0.4 is 0 Å². The van der Waals surface area contributed by atoms with Gasteiger partial charge in [-0.15, -0.1) is 0 Å². The first-order valence-corrected chi connectivity index (χ1v) is 12.3. The van der Waals surface area contributed by atoms with E-state index in [1.54, 1.807) is 0 Å². The van der Waals surface area contributed by atoms with Crippen LogP contribution in [0.4, 0.5) is 0 Å². The SMILES string of the molecule is CCCCCc1ccccc1C1=CC2=NC1=CC1=NC(=CC3=NC(=CC4=NC(=C2)C=C4)C=C3)C=C1. The van der Waals surface area contributed by atoms with Gasteiger partial charge in [0.2, 0.25) is 0 Å². The van der Waals surface area contributed by atoms with Crippen molar-refractivity contribution in [3.63, 3.8) is 0 Å². The maximum atomic E-state index is 5.01. The Balaban J connectivity index is 1.45. The topological polar surface area (TPSA) is 49.4 Å². The van der Waals surface area contributed by atoms with Crippen molar-refractivity contribution in [1.82, 2.24) is 0 Å². The molecule has 5 aliphatic heterocycles. The van der Waals surface area contributed by atoms with Crippen LogP contribution in [0.3, 0.4) is 0 Å². The van der Waals surface area contributed by atoms with Gasteiger partial charge in [0, 0.05) is 5.57 Å². The molecule has 1 aromatic carbocycles. The number of hydrogen-bond donors (Lipinski definition) is 0. The van der Waals surface area contributed by atoms with E-state index in [2.05, 4.69) is 48.3 Å². The fourth-order valence-electron chi connectivity index (χ4n) is 4.68. The number of aliphatic imine (C=N–C) groups is 4. The normalized spacial score (nSPS) is 19.5. The lowest BCUT2D eigenvalue weighted by atomic mass is 9.94. The maximum Gasteiger partial charge on any atom is 0.0737 e. The van der Waals surface area contributed by atoms with Crippen LogP contribution >= 0.6 is 0 Å². The van der Waals surface area contributed by atoms with Crippen molar-refractivity contribution in [2.45, 2.75) is 32.6 Å². The molecule has 4 nitrogen and oxygen atoms in total. The summed E-state index contributed by atoms with van der Waals surface area (Å²) in [6, 6.07) is 8.71. The standard InChI is InChI=1S/C31H26N4/c1-2-3-4-7-21-8-5-6-9-29(21)30-19-28-18-26-13-12-24(33-26)16-22-10-11-23(32-22)17-25-14-15-27(34-25)20-31(30)35-28/h5-6,8-20H,2-4,7H2,1H3. The van der Waals surface area contributed by atoms with Crippen molar-refractivity contribution in [1.29, 1.82) is 0 Å². The minimum absolute atomic E-state index is 0.890. The highest BCUT2D eigenvalue weighted by Gasteiger charge is 2.20. The van der Waals surface area contributed by atoms with E-state index in [1.807, 2.05) is 54.7 Å². The molecule has 6 rings (SSSR count). The average molecular weight is 455 g/mol. The second-order valence-corrected chi connectivity index (χ2v) is 9.06. The Kier molecular flexibility index (Phi) is 5.63. The highest BCUT2D eigenvalue weighted by atomic mass is 14.8. The van der Waals surface area contributed by atoms with E-state index in [0.717, 1.165) is 57.6 Å². The Labute approximate surface area is 206 Å². The zero-order chi connectivity index (χ0) is 23.6. The molecular formula is C31H26N4. The van der Waals surface area contributed by atoms with E-state index in [9.17, 15) is 0 Å². The van der Waals surface area contributed by atoms with Gasteiger partial charge in [0.25, 0.3) is 0 Å². The molecule has 1 aromatic rings. The van der Waals surface area contributed by atoms with Crippen molar-refractivity contribution in [3.8, 4) is 0 Å². The van der Waals surface area contributed by atoms with E-state index < -0.39 is 0 Å². The third kappa shape index (κ3) is 4.60. The predicted molar refractivity (Wildman–Crippen MR) is 147 cm³/mol. The van der Waals surface area contributed by atoms with E-state index in [1.165, 1.54) is 30.4 Å². The molecule has 0 saturated heterocycles. The third-order valence-electron chi connectivity index (χ3n) is 6.40. The van der Waals surface area contributed by atoms with Gasteiger partial charge in [-0.2, -0.15) is 0 Å². The molecule has 0 spiro atoms. The fourth-order valence-corrected chi connectivity index (χ4v) is 4.68. The first-order chi connectivity index (χ1) is 17.2. The minimum atomic E-state index is 0.890. The Morgan fingerprint density at radius 2 is 1.17 bits per heavy atom. The molecule has 8 bridgehead atoms. The third-order valence-corrected chi connectivity index (χ3v) is 6.40. The van der Waals surface area contributed by atoms with Gasteiger partial charge in [-0.05, 0) is 90.8 Å². The number of rotatable bonds is 5. The summed E-state index contributed by atoms with van der Waals surface area (Å²) in [6.07, 6.45) is 27.2. The van der Waals surface area contributed by atoms with Crippen LogP contribution in [0, 0.1) is 0 Å². The summed E-state index contributed by atoms with van der Waals surface area (Å²) in [5.41, 5.74) is 10.9. The van der Waals surface area contributed by atoms with Crippen molar-refractivity contribution in [2.75, 3.05) is 0 Å². The number of fused-ring (bicyclic) bond motifs is 4. The smallest absolute Gasteiger partial charge is 0.0737 e. The van der Waals surface area contributed by atoms with Gasteiger partial charge < -0.3 is 0 Å². The molecule has 0 radical (unpaired) electrons. The second-order valence-electron chi connectivity index (χ2n) is 9.06. The van der Waals surface area contributed by atoms with Gasteiger partial charge in [-0.1, -0.05) is 44.0 Å². The number of allylic oxidation sites excluding steroid dienone is 12. The molecule has 0 N–H and O–H groups in total. The summed E-state index contributed by atoms with van der Waals surface area (Å²) in [5, 5.41) is 0. The molecular weight excluding hydrogens is 428 g/mol. The van der Waals surface area contributed by atoms with E-state index >= 15 is 0 Å². The first-order valence-electron chi connectivity index (χ1n) is 12.3. The van der Waals surface area contributed by atoms with Crippen LogP contribution in [-0.2, 0) is 6.42 Å². The largest absolute Gasteiger partial charge is 0.249 e. The summed E-state index contributed by atoms with van der Waals surface area (Å²) >= 11 is 0. The molecule has 0 aliphatic carbocycles. The number of benzene rings is 1. The lowest BCUT2D eigenvalue weighted by Crippen LogP contribution is -1.96. The molecule has 0 unspecified atom stereocenters. The minimum Gasteiger partial charge on any atom is -0.249 e. The van der Waals surface area contributed by atoms with Gasteiger partial charge in [0.1, 0.15) is 0 Å². The lowest BCUT2D eigenvalue weighted by molar-refractivity contribution is 0.716. The highest BCUT2D eigenvalue weighted by molar-refractivity contribution is 6.19. The summed E-state index contributed by atoms with van der Waals surface area (Å²) in [4.78, 5) is 19.3. The summed E-state index contributed by atoms with van der Waals surface area (Å²) in [7, 11) is 0. The van der Waals surface area contributed by atoms with Gasteiger partial charge in [-0.25, -0.2) is 20.0 Å². The van der Waals surface area contributed by atoms with Crippen LogP contribution in [0.25, 0.3) is 5.57 Å². The van der Waals surface area contributed by atoms with Crippen LogP contribution in [0.15, 0.2) is 134 Å². The molecule has 0 atom stereocenters. The average Bonchev–Trinajstić information content (AvgIpc) is 3.65. The van der Waals surface area contributed by atoms with Crippen LogP contribution in [0.2, 0.25) is 0 Å². The molecule has 170 valence electrons. The lowest BCUT2D eigenvalue weighted by Gasteiger charge is -2.11. The van der Waals surface area contributed by atoms with Crippen LogP contribution in [0.5, 0.6) is 0 Å². The molecule has 5 aliphatic rings. The number of nitrogens with zero attached hydrogens (tertiary/aromatic N) is 4. The zero-order valence-corrected chi connectivity index (χ0v) is 19.8. The summed E-state index contributed by atoms with van der Waals surface area (Å²) < 4.78 is 0. The van der Waals surface area contributed by atoms with Crippen molar-refractivity contribution >= 4 is 28.4 Å². The van der Waals surface area contributed by atoms with E-state index in [0.29, 0.717) is 0 Å². The van der Waals surface area contributed by atoms with E-state index in [4.69, 9.17) is 15.0 Å². The molecule has 5 heterocycles. The molecule has 0 fully saturated rings. The Bertz CT molecular complexity index is 1470. The van der Waals surface area contributed by atoms with E-state index in [-0.39, 0.29) is 0 Å². The second kappa shape index (κ2) is 9.22. The Morgan fingerprint density at radius 3 is 1.83 bits per heavy atom. The van der Waals surface area contributed by atoms with Crippen molar-refractivity contribution < 1.29 is 0 Å². The quantitative estimate of drug-likeness (QED) is 0.438. The predicted octanol–water partition coefficient (Wildman–Crippen LogP) is 6.84. The highest BCUT2D eigenvalue weighted by Crippen LogP contribution is 2.33. The number of unbranched alkanes of at least 4 members (excludes halogenated alkanes) is 2. The zero-order valence-electron chi connectivity index (χ0n) is 19.8. The fraction of sp³-hybridized carbons (Fsp3) is 0.161. The maximum absolute atomic E-state index is 5.01. The van der Waals surface area contributed by atoms with Gasteiger partial charge in [0.05, 0.1) is 45.6 Å². The number of hydrogen-bond acceptors (Lipinski definition) is 4. The van der Waals surface area contributed by atoms with Crippen LogP contribution in [-0.4, -0.2) is 22.8 Å². The number of aryl methyl sites for hydroxylation is 1. The molecule has 0 saturated carbocycles. The Hall–Kier alpha value is -4.18. The van der Waals surface area contributed by atoms with Crippen molar-refractivity contribution in [3.05, 3.63) is 125 Å². The monoisotopic (exact) mass is 454 g/mol. The van der Waals surface area contributed by atoms with Gasteiger partial charge >= 0.3 is 0 Å². The molecule has 4 heteroatoms. The molecule has 35 heavy (non-hydrogen) atoms. The molecule has 0 amide bonds. The molecule has 0 aromatic heterocycles. The first kappa shape index (κ1) is 21.4.